The zero-order chi connectivity index (χ0) is 16.5. The molecule has 8 heteroatoms. The first-order chi connectivity index (χ1) is 10.4. The number of carbonyl (C=O) groups is 2. The number of carbonyl (C=O) groups excluding carboxylic acids is 2. The quantitative estimate of drug-likeness (QED) is 0.486. The lowest BCUT2D eigenvalue weighted by Crippen LogP contribution is -2.58. The number of nitro benzene ring substituents is 1. The molecule has 0 saturated carbocycles. The highest BCUT2D eigenvalue weighted by atomic mass is 16.6. The topological polar surface area (TPSA) is 137 Å². The van der Waals surface area contributed by atoms with Gasteiger partial charge in [0.15, 0.2) is 0 Å². The number of piperidine rings is 1. The molecule has 2 rings (SSSR count). The van der Waals surface area contributed by atoms with Crippen molar-refractivity contribution in [1.29, 1.82) is 10.5 Å². The van der Waals surface area contributed by atoms with Gasteiger partial charge in [-0.2, -0.15) is 10.5 Å². The average Bonchev–Trinajstić information content (AvgIpc) is 2.47. The van der Waals surface area contributed by atoms with E-state index in [1.165, 1.54) is 31.2 Å². The van der Waals surface area contributed by atoms with Crippen LogP contribution in [0.5, 0.6) is 0 Å². The van der Waals surface area contributed by atoms with Crippen LogP contribution in [0.2, 0.25) is 0 Å². The van der Waals surface area contributed by atoms with Gasteiger partial charge in [0, 0.05) is 17.5 Å². The first-order valence-electron chi connectivity index (χ1n) is 6.25. The summed E-state index contributed by atoms with van der Waals surface area (Å²) in [7, 11) is 0. The van der Waals surface area contributed by atoms with E-state index in [-0.39, 0.29) is 5.69 Å². The Morgan fingerprint density at radius 2 is 1.59 bits per heavy atom. The largest absolute Gasteiger partial charge is 0.294 e. The number of rotatable bonds is 2. The van der Waals surface area contributed by atoms with Crippen molar-refractivity contribution in [2.75, 3.05) is 0 Å². The van der Waals surface area contributed by atoms with E-state index in [0.29, 0.717) is 5.56 Å². The number of non-ortho nitro benzene ring substituents is 1. The Labute approximate surface area is 125 Å². The van der Waals surface area contributed by atoms with Gasteiger partial charge in [-0.15, -0.1) is 0 Å². The SMILES string of the molecule is CC1(c2ccc([N+](=O)[O-])cc2)C(C#N)C(=O)NC(=O)C1C#N. The minimum atomic E-state index is -1.38. The molecule has 1 aliphatic rings. The number of benzene rings is 1. The Kier molecular flexibility index (Phi) is 3.62. The predicted octanol–water partition coefficient (Wildman–Crippen LogP) is 0.788. The Hall–Kier alpha value is -3.26. The van der Waals surface area contributed by atoms with Crippen molar-refractivity contribution in [3.8, 4) is 12.1 Å². The fourth-order valence-corrected chi connectivity index (χ4v) is 2.64. The van der Waals surface area contributed by atoms with Crippen LogP contribution in [0.25, 0.3) is 0 Å². The molecule has 1 saturated heterocycles. The minimum Gasteiger partial charge on any atom is -0.294 e. The molecule has 8 nitrogen and oxygen atoms in total. The maximum Gasteiger partial charge on any atom is 0.269 e. The molecule has 1 aromatic carbocycles. The smallest absolute Gasteiger partial charge is 0.269 e. The number of amides is 2. The lowest BCUT2D eigenvalue weighted by molar-refractivity contribution is -0.384. The van der Waals surface area contributed by atoms with Gasteiger partial charge in [0.05, 0.1) is 17.1 Å². The molecular formula is C14H10N4O4. The van der Waals surface area contributed by atoms with Crippen LogP contribution in [0.3, 0.4) is 0 Å². The summed E-state index contributed by atoms with van der Waals surface area (Å²) in [6.07, 6.45) is 0. The standard InChI is InChI=1S/C14H10N4O4/c1-14(8-2-4-9(5-3-8)18(21)22)10(6-15)12(19)17-13(20)11(14)7-16/h2-5,10-11H,1H3,(H,17,19,20). The van der Waals surface area contributed by atoms with Crippen LogP contribution in [0.1, 0.15) is 12.5 Å². The molecular weight excluding hydrogens is 288 g/mol. The second-order valence-electron chi connectivity index (χ2n) is 5.06. The zero-order valence-corrected chi connectivity index (χ0v) is 11.4. The minimum absolute atomic E-state index is 0.166. The van der Waals surface area contributed by atoms with Crippen molar-refractivity contribution in [2.24, 2.45) is 11.8 Å². The summed E-state index contributed by atoms with van der Waals surface area (Å²) in [5.41, 5.74) is -1.20. The van der Waals surface area contributed by atoms with Gasteiger partial charge in [-0.25, -0.2) is 0 Å². The summed E-state index contributed by atoms with van der Waals surface area (Å²) in [6, 6.07) is 8.77. The summed E-state index contributed by atoms with van der Waals surface area (Å²) in [6.45, 7) is 1.46. The summed E-state index contributed by atoms with van der Waals surface area (Å²) < 4.78 is 0. The third kappa shape index (κ3) is 2.07. The van der Waals surface area contributed by atoms with Crippen molar-refractivity contribution >= 4 is 17.5 Å². The number of nitriles is 2. The molecule has 2 atom stereocenters. The van der Waals surface area contributed by atoms with Gasteiger partial charge in [0.1, 0.15) is 11.8 Å². The van der Waals surface area contributed by atoms with E-state index < -0.39 is 34.0 Å². The van der Waals surface area contributed by atoms with Crippen LogP contribution in [0.4, 0.5) is 5.69 Å². The lowest BCUT2D eigenvalue weighted by atomic mass is 9.62. The Morgan fingerprint density at radius 3 is 1.95 bits per heavy atom. The van der Waals surface area contributed by atoms with Crippen LogP contribution < -0.4 is 5.32 Å². The molecule has 2 amide bonds. The molecule has 0 radical (unpaired) electrons. The van der Waals surface area contributed by atoms with Gasteiger partial charge in [0.25, 0.3) is 5.69 Å². The van der Waals surface area contributed by atoms with Crippen molar-refractivity contribution in [3.05, 3.63) is 39.9 Å². The summed E-state index contributed by atoms with van der Waals surface area (Å²) >= 11 is 0. The third-order valence-electron chi connectivity index (χ3n) is 3.93. The molecule has 0 aromatic heterocycles. The first kappa shape index (κ1) is 15.1. The number of nitro groups is 1. The Balaban J connectivity index is 2.61. The normalized spacial score (nSPS) is 27.4. The fraction of sp³-hybridized carbons (Fsp3) is 0.286. The van der Waals surface area contributed by atoms with E-state index in [9.17, 15) is 30.2 Å². The molecule has 0 spiro atoms. The second kappa shape index (κ2) is 5.26. The maximum absolute atomic E-state index is 11.9. The molecule has 110 valence electrons. The first-order valence-corrected chi connectivity index (χ1v) is 6.25. The summed E-state index contributed by atoms with van der Waals surface area (Å²) in [5, 5.41) is 31.2. The number of nitrogens with one attached hydrogen (secondary N) is 1. The molecule has 1 aliphatic heterocycles. The zero-order valence-electron chi connectivity index (χ0n) is 11.4. The Morgan fingerprint density at radius 1 is 1.14 bits per heavy atom. The number of hydrogen-bond acceptors (Lipinski definition) is 6. The molecule has 1 N–H and O–H groups in total. The maximum atomic E-state index is 11.9. The van der Waals surface area contributed by atoms with Crippen LogP contribution in [-0.4, -0.2) is 16.7 Å². The van der Waals surface area contributed by atoms with Crippen molar-refractivity contribution in [3.63, 3.8) is 0 Å². The van der Waals surface area contributed by atoms with E-state index in [4.69, 9.17) is 0 Å². The Bertz CT molecular complexity index is 710. The highest BCUT2D eigenvalue weighted by molar-refractivity contribution is 6.04. The highest BCUT2D eigenvalue weighted by Crippen LogP contribution is 2.42. The van der Waals surface area contributed by atoms with Crippen molar-refractivity contribution < 1.29 is 14.5 Å². The molecule has 2 unspecified atom stereocenters. The number of imide groups is 1. The molecule has 1 heterocycles. The van der Waals surface area contributed by atoms with Crippen LogP contribution in [0, 0.1) is 44.6 Å². The van der Waals surface area contributed by atoms with Crippen molar-refractivity contribution in [1.82, 2.24) is 5.32 Å². The number of nitrogens with zero attached hydrogens (tertiary/aromatic N) is 3. The fourth-order valence-electron chi connectivity index (χ4n) is 2.64. The predicted molar refractivity (Wildman–Crippen MR) is 71.8 cm³/mol. The van der Waals surface area contributed by atoms with Gasteiger partial charge in [0.2, 0.25) is 11.8 Å². The van der Waals surface area contributed by atoms with E-state index in [1.54, 1.807) is 0 Å². The lowest BCUT2D eigenvalue weighted by Gasteiger charge is -2.39. The van der Waals surface area contributed by atoms with Gasteiger partial charge in [-0.1, -0.05) is 19.1 Å². The van der Waals surface area contributed by atoms with Gasteiger partial charge in [-0.3, -0.25) is 25.0 Å². The molecule has 22 heavy (non-hydrogen) atoms. The van der Waals surface area contributed by atoms with E-state index in [2.05, 4.69) is 0 Å². The average molecular weight is 298 g/mol. The van der Waals surface area contributed by atoms with Gasteiger partial charge in [-0.05, 0) is 5.56 Å². The van der Waals surface area contributed by atoms with Gasteiger partial charge < -0.3 is 0 Å². The van der Waals surface area contributed by atoms with E-state index in [0.717, 1.165) is 0 Å². The van der Waals surface area contributed by atoms with E-state index in [1.807, 2.05) is 17.5 Å². The number of hydrogen-bond donors (Lipinski definition) is 1. The molecule has 1 aromatic rings. The monoisotopic (exact) mass is 298 g/mol. The second-order valence-corrected chi connectivity index (χ2v) is 5.06. The summed E-state index contributed by atoms with van der Waals surface area (Å²) in [5.74, 6) is -4.06. The van der Waals surface area contributed by atoms with Crippen LogP contribution >= 0.6 is 0 Å². The molecule has 1 fully saturated rings. The summed E-state index contributed by atoms with van der Waals surface area (Å²) in [4.78, 5) is 33.9. The van der Waals surface area contributed by atoms with Gasteiger partial charge >= 0.3 is 0 Å². The molecule has 0 aliphatic carbocycles. The van der Waals surface area contributed by atoms with Crippen LogP contribution in [-0.2, 0) is 15.0 Å². The third-order valence-corrected chi connectivity index (χ3v) is 3.93. The van der Waals surface area contributed by atoms with E-state index >= 15 is 0 Å². The van der Waals surface area contributed by atoms with Crippen molar-refractivity contribution in [2.45, 2.75) is 12.3 Å². The highest BCUT2D eigenvalue weighted by Gasteiger charge is 2.54. The molecule has 0 bridgehead atoms. The van der Waals surface area contributed by atoms with Crippen LogP contribution in [0.15, 0.2) is 24.3 Å².